The van der Waals surface area contributed by atoms with Gasteiger partial charge in [0.25, 0.3) is 5.91 Å². The van der Waals surface area contributed by atoms with E-state index in [4.69, 9.17) is 14.6 Å². The number of benzene rings is 2. The number of hydrazine groups is 1. The quantitative estimate of drug-likeness (QED) is 0.300. The fraction of sp³-hybridized carbons (Fsp3) is 0.440. The minimum absolute atomic E-state index is 0.0245. The molecular weight excluding hydrogens is 470 g/mol. The molecule has 0 aromatic heterocycles. The summed E-state index contributed by atoms with van der Waals surface area (Å²) in [5.41, 5.74) is 4.75. The van der Waals surface area contributed by atoms with Gasteiger partial charge in [0.1, 0.15) is 11.9 Å². The zero-order valence-corrected chi connectivity index (χ0v) is 21.0. The van der Waals surface area contributed by atoms with Gasteiger partial charge in [0.05, 0.1) is 17.3 Å². The van der Waals surface area contributed by atoms with Gasteiger partial charge in [0, 0.05) is 24.6 Å². The van der Waals surface area contributed by atoms with Crippen molar-refractivity contribution in [1.82, 2.24) is 10.9 Å². The number of ether oxygens (including phenoxy) is 2. The second kappa shape index (κ2) is 11.7. The fourth-order valence-corrected chi connectivity index (χ4v) is 4.99. The Morgan fingerprint density at radius 2 is 1.86 bits per heavy atom. The average molecular weight is 504 g/mol. The molecule has 0 saturated heterocycles. The summed E-state index contributed by atoms with van der Waals surface area (Å²) in [6.07, 6.45) is -0.218. The van der Waals surface area contributed by atoms with E-state index in [2.05, 4.69) is 15.8 Å². The van der Waals surface area contributed by atoms with Crippen LogP contribution < -0.4 is 15.6 Å². The number of aliphatic imine (C=N–C) groups is 1. The second-order valence-corrected chi connectivity index (χ2v) is 10.8. The SMILES string of the molecule is CC(C)NNC(=O)[C@@]1(CCS(=O)(=O)c2ccccc2)N=C(c2ccc(OCCCO)cc2)O[C@H]1C. The lowest BCUT2D eigenvalue weighted by atomic mass is 9.90. The van der Waals surface area contributed by atoms with Crippen LogP contribution in [0.4, 0.5) is 0 Å². The number of nitrogens with zero attached hydrogens (tertiary/aromatic N) is 1. The number of hydrogen-bond donors (Lipinski definition) is 3. The molecule has 0 bridgehead atoms. The van der Waals surface area contributed by atoms with Crippen molar-refractivity contribution in [3.05, 3.63) is 60.2 Å². The number of aliphatic hydroxyl groups excluding tert-OH is 1. The van der Waals surface area contributed by atoms with Crippen molar-refractivity contribution in [2.24, 2.45) is 4.99 Å². The van der Waals surface area contributed by atoms with E-state index in [0.717, 1.165) is 0 Å². The Kier molecular flexibility index (Phi) is 8.87. The van der Waals surface area contributed by atoms with E-state index in [1.165, 1.54) is 12.1 Å². The first-order chi connectivity index (χ1) is 16.7. The number of carbonyl (C=O) groups excluding carboxylic acids is 1. The highest BCUT2D eigenvalue weighted by Crippen LogP contribution is 2.33. The second-order valence-electron chi connectivity index (χ2n) is 8.69. The van der Waals surface area contributed by atoms with Crippen LogP contribution in [-0.2, 0) is 19.4 Å². The zero-order valence-electron chi connectivity index (χ0n) is 20.2. The summed E-state index contributed by atoms with van der Waals surface area (Å²) in [6, 6.07) is 15.2. The summed E-state index contributed by atoms with van der Waals surface area (Å²) in [6.45, 7) is 5.91. The Morgan fingerprint density at radius 3 is 2.49 bits per heavy atom. The molecule has 0 fully saturated rings. The minimum Gasteiger partial charge on any atom is -0.494 e. The lowest BCUT2D eigenvalue weighted by molar-refractivity contribution is -0.129. The maximum Gasteiger partial charge on any atom is 0.266 e. The van der Waals surface area contributed by atoms with Gasteiger partial charge in [-0.05, 0) is 63.6 Å². The maximum atomic E-state index is 13.3. The Bertz CT molecular complexity index is 1120. The standard InChI is InChI=1S/C25H33N3O6S/c1-18(2)27-28-24(30)25(14-17-35(31,32)22-8-5-4-6-9-22)19(3)34-23(26-25)20-10-12-21(13-11-20)33-16-7-15-29/h4-6,8-13,18-19,27,29H,7,14-17H2,1-3H3,(H,28,30)/t19-,25-/m0/s1. The Labute approximate surface area is 206 Å². The van der Waals surface area contributed by atoms with Crippen molar-refractivity contribution in [1.29, 1.82) is 0 Å². The molecule has 3 rings (SSSR count). The summed E-state index contributed by atoms with van der Waals surface area (Å²) < 4.78 is 37.5. The van der Waals surface area contributed by atoms with Crippen LogP contribution in [0.15, 0.2) is 64.5 Å². The van der Waals surface area contributed by atoms with E-state index in [1.807, 2.05) is 13.8 Å². The molecule has 0 spiro atoms. The molecule has 1 aliphatic heterocycles. The number of rotatable bonds is 12. The molecule has 0 unspecified atom stereocenters. The number of aliphatic hydroxyl groups is 1. The van der Waals surface area contributed by atoms with Crippen molar-refractivity contribution in [2.75, 3.05) is 19.0 Å². The maximum absolute atomic E-state index is 13.3. The predicted octanol–water partition coefficient (Wildman–Crippen LogP) is 2.25. The van der Waals surface area contributed by atoms with E-state index >= 15 is 0 Å². The topological polar surface area (TPSA) is 126 Å². The minimum atomic E-state index is -3.63. The molecule has 10 heteroatoms. The highest BCUT2D eigenvalue weighted by atomic mass is 32.2. The van der Waals surface area contributed by atoms with Gasteiger partial charge < -0.3 is 14.6 Å². The van der Waals surface area contributed by atoms with Gasteiger partial charge in [-0.15, -0.1) is 0 Å². The van der Waals surface area contributed by atoms with Crippen LogP contribution in [0.5, 0.6) is 5.75 Å². The van der Waals surface area contributed by atoms with Crippen LogP contribution in [-0.4, -0.2) is 62.0 Å². The third-order valence-electron chi connectivity index (χ3n) is 5.66. The Morgan fingerprint density at radius 1 is 1.17 bits per heavy atom. The van der Waals surface area contributed by atoms with Crippen molar-refractivity contribution in [3.63, 3.8) is 0 Å². The largest absolute Gasteiger partial charge is 0.494 e. The normalized spacial score (nSPS) is 19.8. The van der Waals surface area contributed by atoms with Gasteiger partial charge >= 0.3 is 0 Å². The first-order valence-electron chi connectivity index (χ1n) is 11.6. The summed E-state index contributed by atoms with van der Waals surface area (Å²) in [7, 11) is -3.63. The van der Waals surface area contributed by atoms with Gasteiger partial charge in [-0.25, -0.2) is 18.8 Å². The molecule has 35 heavy (non-hydrogen) atoms. The number of hydrogen-bond acceptors (Lipinski definition) is 8. The van der Waals surface area contributed by atoms with E-state index in [9.17, 15) is 13.2 Å². The monoisotopic (exact) mass is 503 g/mol. The molecule has 0 radical (unpaired) electrons. The van der Waals surface area contributed by atoms with Gasteiger partial charge in [0.15, 0.2) is 15.4 Å². The van der Waals surface area contributed by atoms with Crippen LogP contribution in [0, 0.1) is 0 Å². The molecule has 0 aliphatic carbocycles. The fourth-order valence-electron chi connectivity index (χ4n) is 3.61. The molecule has 2 aromatic rings. The average Bonchev–Trinajstić information content (AvgIpc) is 3.19. The summed E-state index contributed by atoms with van der Waals surface area (Å²) in [4.78, 5) is 18.2. The molecular formula is C25H33N3O6S. The van der Waals surface area contributed by atoms with E-state index < -0.39 is 27.4 Å². The molecule has 3 N–H and O–H groups in total. The number of sulfone groups is 1. The van der Waals surface area contributed by atoms with Crippen molar-refractivity contribution < 1.29 is 27.8 Å². The number of amides is 1. The first kappa shape index (κ1) is 26.7. The van der Waals surface area contributed by atoms with Crippen LogP contribution >= 0.6 is 0 Å². The summed E-state index contributed by atoms with van der Waals surface area (Å²) in [5, 5.41) is 8.89. The third-order valence-corrected chi connectivity index (χ3v) is 7.39. The van der Waals surface area contributed by atoms with Gasteiger partial charge in [-0.2, -0.15) is 0 Å². The summed E-state index contributed by atoms with van der Waals surface area (Å²) in [5.74, 6) is 0.166. The van der Waals surface area contributed by atoms with E-state index in [1.54, 1.807) is 49.4 Å². The number of carbonyl (C=O) groups is 1. The lowest BCUT2D eigenvalue weighted by Crippen LogP contribution is -2.56. The van der Waals surface area contributed by atoms with Gasteiger partial charge in [0.2, 0.25) is 5.90 Å². The molecule has 2 atom stereocenters. The zero-order chi connectivity index (χ0) is 25.5. The highest BCUT2D eigenvalue weighted by molar-refractivity contribution is 7.91. The van der Waals surface area contributed by atoms with Crippen LogP contribution in [0.2, 0.25) is 0 Å². The predicted molar refractivity (Wildman–Crippen MR) is 133 cm³/mol. The molecule has 1 aliphatic rings. The van der Waals surface area contributed by atoms with Gasteiger partial charge in [-0.1, -0.05) is 18.2 Å². The van der Waals surface area contributed by atoms with Crippen molar-refractivity contribution >= 4 is 21.6 Å². The van der Waals surface area contributed by atoms with Crippen LogP contribution in [0.3, 0.4) is 0 Å². The molecule has 9 nitrogen and oxygen atoms in total. The first-order valence-corrected chi connectivity index (χ1v) is 13.3. The smallest absolute Gasteiger partial charge is 0.266 e. The third kappa shape index (κ3) is 6.59. The lowest BCUT2D eigenvalue weighted by Gasteiger charge is -2.28. The van der Waals surface area contributed by atoms with Crippen LogP contribution in [0.25, 0.3) is 0 Å². The Hall–Kier alpha value is -2.95. The van der Waals surface area contributed by atoms with Crippen molar-refractivity contribution in [3.8, 4) is 5.75 Å². The highest BCUT2D eigenvalue weighted by Gasteiger charge is 2.50. The van der Waals surface area contributed by atoms with E-state index in [-0.39, 0.29) is 35.6 Å². The van der Waals surface area contributed by atoms with E-state index in [0.29, 0.717) is 24.3 Å². The van der Waals surface area contributed by atoms with Crippen molar-refractivity contribution in [2.45, 2.75) is 56.2 Å². The Balaban J connectivity index is 1.87. The molecule has 1 heterocycles. The van der Waals surface area contributed by atoms with Crippen LogP contribution in [0.1, 0.15) is 39.2 Å². The molecule has 2 aromatic carbocycles. The molecule has 1 amide bonds. The number of nitrogens with one attached hydrogen (secondary N) is 2. The molecule has 190 valence electrons. The summed E-state index contributed by atoms with van der Waals surface area (Å²) >= 11 is 0. The van der Waals surface area contributed by atoms with Gasteiger partial charge in [-0.3, -0.25) is 10.2 Å². The molecule has 0 saturated carbocycles.